The van der Waals surface area contributed by atoms with E-state index in [1.165, 1.54) is 27.9 Å². The van der Waals surface area contributed by atoms with Crippen LogP contribution in [0.5, 0.6) is 17.4 Å². The van der Waals surface area contributed by atoms with Crippen LogP contribution in [0.3, 0.4) is 0 Å². The normalized spacial score (nSPS) is 16.2. The Morgan fingerprint density at radius 3 is 2.48 bits per heavy atom. The van der Waals surface area contributed by atoms with Crippen LogP contribution in [0.4, 0.5) is 0 Å². The molecule has 0 fully saturated rings. The fourth-order valence-corrected chi connectivity index (χ4v) is 6.47. The first-order valence-electron chi connectivity index (χ1n) is 14.7. The molecular weight excluding hydrogens is 601 g/mol. The molecule has 2 atom stereocenters. The Hall–Kier alpha value is -4.14. The number of ether oxygens (including phenoxy) is 2. The third-order valence-corrected chi connectivity index (χ3v) is 8.90. The molecule has 3 aromatic carbocycles. The number of esters is 1. The number of hydrogen-bond acceptors (Lipinski definition) is 5. The molecule has 0 amide bonds. The van der Waals surface area contributed by atoms with Gasteiger partial charge in [-0.15, -0.1) is 0 Å². The average molecular weight is 635 g/mol. The zero-order valence-corrected chi connectivity index (χ0v) is 25.8. The summed E-state index contributed by atoms with van der Waals surface area (Å²) in [4.78, 5) is 28.5. The highest BCUT2D eigenvalue weighted by molar-refractivity contribution is 6.31. The smallest absolute Gasteiger partial charge is 0.330 e. The summed E-state index contributed by atoms with van der Waals surface area (Å²) in [7, 11) is 1.53. The van der Waals surface area contributed by atoms with Gasteiger partial charge in [0.2, 0.25) is 5.88 Å². The largest absolute Gasteiger partial charge is 0.494 e. The topological polar surface area (TPSA) is 98.5 Å². The molecule has 2 aromatic heterocycles. The van der Waals surface area contributed by atoms with Crippen molar-refractivity contribution in [3.8, 4) is 17.4 Å². The first kappa shape index (κ1) is 29.9. The Kier molecular flexibility index (Phi) is 8.73. The minimum absolute atomic E-state index is 0.0555. The molecule has 2 N–H and O–H groups in total. The second kappa shape index (κ2) is 12.8. The van der Waals surface area contributed by atoms with E-state index in [4.69, 9.17) is 32.7 Å². The molecule has 0 saturated heterocycles. The molecule has 0 aliphatic heterocycles. The molecule has 1 aliphatic rings. The van der Waals surface area contributed by atoms with Crippen LogP contribution in [0, 0.1) is 5.92 Å². The number of aromatic nitrogens is 3. The number of carbonyl (C=O) groups is 1. The third kappa shape index (κ3) is 6.37. The lowest BCUT2D eigenvalue weighted by Gasteiger charge is -2.32. The molecule has 5 aromatic rings. The zero-order valence-electron chi connectivity index (χ0n) is 24.3. The number of H-pyrrole nitrogens is 1. The van der Waals surface area contributed by atoms with Crippen molar-refractivity contribution in [2.24, 2.45) is 13.0 Å². The van der Waals surface area contributed by atoms with Crippen molar-refractivity contribution in [2.45, 2.75) is 44.6 Å². The van der Waals surface area contributed by atoms with Crippen LogP contribution in [0.25, 0.3) is 10.9 Å². The van der Waals surface area contributed by atoms with Crippen LogP contribution in [0.2, 0.25) is 10.0 Å². The number of benzene rings is 3. The quantitative estimate of drug-likeness (QED) is 0.0960. The lowest BCUT2D eigenvalue weighted by molar-refractivity contribution is -0.134. The van der Waals surface area contributed by atoms with Crippen molar-refractivity contribution < 1.29 is 19.4 Å². The van der Waals surface area contributed by atoms with Gasteiger partial charge in [0.25, 0.3) is 0 Å². The number of halogens is 2. The second-order valence-electron chi connectivity index (χ2n) is 11.2. The van der Waals surface area contributed by atoms with Gasteiger partial charge in [-0.1, -0.05) is 35.3 Å². The molecule has 6 rings (SSSR count). The predicted octanol–water partition coefficient (Wildman–Crippen LogP) is 7.23. The third-order valence-electron chi connectivity index (χ3n) is 8.41. The van der Waals surface area contributed by atoms with Gasteiger partial charge in [0.05, 0.1) is 12.8 Å². The summed E-state index contributed by atoms with van der Waals surface area (Å²) >= 11 is 12.3. The molecule has 2 unspecified atom stereocenters. The summed E-state index contributed by atoms with van der Waals surface area (Å²) < 4.78 is 14.2. The van der Waals surface area contributed by atoms with Gasteiger partial charge in [0, 0.05) is 52.6 Å². The molecule has 8 nitrogen and oxygen atoms in total. The Morgan fingerprint density at radius 2 is 1.75 bits per heavy atom. The number of nitrogens with zero attached hydrogens (tertiary/aromatic N) is 2. The van der Waals surface area contributed by atoms with Gasteiger partial charge in [-0.3, -0.25) is 13.9 Å². The molecule has 44 heavy (non-hydrogen) atoms. The molecule has 228 valence electrons. The van der Waals surface area contributed by atoms with E-state index < -0.39 is 0 Å². The van der Waals surface area contributed by atoms with Crippen molar-refractivity contribution in [3.05, 3.63) is 110 Å². The van der Waals surface area contributed by atoms with E-state index in [1.54, 1.807) is 24.3 Å². The fourth-order valence-electron chi connectivity index (χ4n) is 6.17. The van der Waals surface area contributed by atoms with E-state index >= 15 is 0 Å². The highest BCUT2D eigenvalue weighted by Gasteiger charge is 2.34. The Morgan fingerprint density at radius 1 is 1.02 bits per heavy atom. The van der Waals surface area contributed by atoms with Crippen molar-refractivity contribution in [3.63, 3.8) is 0 Å². The molecule has 0 spiro atoms. The van der Waals surface area contributed by atoms with E-state index in [1.807, 2.05) is 30.3 Å². The molecule has 0 saturated carbocycles. The average Bonchev–Trinajstić information content (AvgIpc) is 3.50. The van der Waals surface area contributed by atoms with E-state index in [9.17, 15) is 14.7 Å². The van der Waals surface area contributed by atoms with Crippen LogP contribution in [-0.4, -0.2) is 31.8 Å². The maximum absolute atomic E-state index is 12.8. The van der Waals surface area contributed by atoms with Crippen molar-refractivity contribution in [1.29, 1.82) is 0 Å². The molecule has 1 aliphatic carbocycles. The van der Waals surface area contributed by atoms with Gasteiger partial charge in [0.15, 0.2) is 0 Å². The number of nitrogens with one attached hydrogen (secondary N) is 1. The van der Waals surface area contributed by atoms with E-state index in [0.717, 1.165) is 40.8 Å². The van der Waals surface area contributed by atoms with Crippen LogP contribution >= 0.6 is 23.2 Å². The van der Waals surface area contributed by atoms with E-state index in [-0.39, 0.29) is 29.4 Å². The van der Waals surface area contributed by atoms with Crippen LogP contribution in [0.1, 0.15) is 48.4 Å². The minimum Gasteiger partial charge on any atom is -0.494 e. The van der Waals surface area contributed by atoms with Gasteiger partial charge in [0.1, 0.15) is 11.5 Å². The fraction of sp³-hybridized carbons (Fsp3) is 0.294. The lowest BCUT2D eigenvalue weighted by atomic mass is 9.72. The summed E-state index contributed by atoms with van der Waals surface area (Å²) in [5.41, 5.74) is 4.37. The lowest BCUT2D eigenvalue weighted by Crippen LogP contribution is -2.23. The first-order valence-corrected chi connectivity index (χ1v) is 15.5. The first-order chi connectivity index (χ1) is 21.3. The van der Waals surface area contributed by atoms with Gasteiger partial charge >= 0.3 is 11.7 Å². The maximum Gasteiger partial charge on any atom is 0.330 e. The van der Waals surface area contributed by atoms with Crippen LogP contribution < -0.4 is 15.2 Å². The SMILES string of the molecule is Cn1c(O)cn(CCCOc2ccc(C3c4[nH]c5ccc(Cl)cc5c4CCC3CCC(=O)Oc3ccc(Cl)cc3)cc2)c1=O. The van der Waals surface area contributed by atoms with Crippen molar-refractivity contribution in [1.82, 2.24) is 14.1 Å². The summed E-state index contributed by atoms with van der Waals surface area (Å²) in [5.74, 6) is 1.17. The maximum atomic E-state index is 12.8. The second-order valence-corrected chi connectivity index (χ2v) is 12.1. The van der Waals surface area contributed by atoms with Gasteiger partial charge in [-0.2, -0.15) is 0 Å². The number of rotatable bonds is 10. The minimum atomic E-state index is -0.267. The van der Waals surface area contributed by atoms with Gasteiger partial charge in [-0.05, 0) is 97.3 Å². The number of imidazole rings is 1. The Balaban J connectivity index is 1.17. The zero-order chi connectivity index (χ0) is 30.8. The van der Waals surface area contributed by atoms with Crippen LogP contribution in [0.15, 0.2) is 77.7 Å². The van der Waals surface area contributed by atoms with Crippen LogP contribution in [-0.2, 0) is 24.8 Å². The highest BCUT2D eigenvalue weighted by atomic mass is 35.5. The van der Waals surface area contributed by atoms with Gasteiger partial charge in [-0.25, -0.2) is 4.79 Å². The standard InChI is InChI=1S/C34H33Cl2N3O5/c1-38-30(40)20-39(34(38)42)17-2-18-43-25-10-3-21(4-11-25)32-22(6-16-31(41)44-26-12-7-23(35)8-13-26)5-14-27-28-19-24(36)9-15-29(28)37-33(27)32/h3-4,7-13,15,19-20,22,32,37,40H,2,5-6,14,16-18H2,1H3. The summed E-state index contributed by atoms with van der Waals surface area (Å²) in [6, 6.07) is 20.9. The van der Waals surface area contributed by atoms with E-state index in [0.29, 0.717) is 48.2 Å². The number of hydrogen-bond donors (Lipinski definition) is 2. The number of aromatic hydroxyl groups is 1. The molecule has 10 heteroatoms. The molecule has 0 radical (unpaired) electrons. The summed E-state index contributed by atoms with van der Waals surface area (Å²) in [5, 5.41) is 12.2. The van der Waals surface area contributed by atoms with Crippen molar-refractivity contribution in [2.75, 3.05) is 6.61 Å². The molecule has 2 heterocycles. The predicted molar refractivity (Wildman–Crippen MR) is 171 cm³/mol. The molecule has 0 bridgehead atoms. The number of carbonyl (C=O) groups excluding carboxylic acids is 1. The Bertz CT molecular complexity index is 1840. The summed E-state index contributed by atoms with van der Waals surface area (Å²) in [6.07, 6.45) is 4.85. The van der Waals surface area contributed by atoms with Gasteiger partial charge < -0.3 is 19.6 Å². The summed E-state index contributed by atoms with van der Waals surface area (Å²) in [6.45, 7) is 0.874. The van der Waals surface area contributed by atoms with E-state index in [2.05, 4.69) is 17.1 Å². The van der Waals surface area contributed by atoms with Crippen molar-refractivity contribution >= 4 is 40.1 Å². The monoisotopic (exact) mass is 633 g/mol. The number of aryl methyl sites for hydroxylation is 2. The highest BCUT2D eigenvalue weighted by Crippen LogP contribution is 2.45. The molecular formula is C34H33Cl2N3O5. The Labute approximate surface area is 264 Å². The number of aromatic amines is 1. The number of fused-ring (bicyclic) bond motifs is 3.